The predicted molar refractivity (Wildman–Crippen MR) is 243 cm³/mol. The Balaban J connectivity index is 1.23. The van der Waals surface area contributed by atoms with E-state index in [2.05, 4.69) is 168 Å². The average molecular weight is 761 g/mol. The van der Waals surface area contributed by atoms with Crippen LogP contribution in [0.25, 0.3) is 11.1 Å². The quantitative estimate of drug-likeness (QED) is 0.168. The minimum Gasteiger partial charge on any atom is -0.486 e. The van der Waals surface area contributed by atoms with Crippen LogP contribution in [0.5, 0.6) is 11.5 Å². The maximum Gasteiger partial charge on any atom is 0.252 e. The first-order valence-electron chi connectivity index (χ1n) is 21.4. The molecule has 5 heteroatoms. The average Bonchev–Trinajstić information content (AvgIpc) is 3.67. The summed E-state index contributed by atoms with van der Waals surface area (Å²) >= 11 is 0. The van der Waals surface area contributed by atoms with E-state index >= 15 is 0 Å². The van der Waals surface area contributed by atoms with Crippen molar-refractivity contribution in [2.75, 3.05) is 23.0 Å². The highest BCUT2D eigenvalue weighted by atomic mass is 16.6. The summed E-state index contributed by atoms with van der Waals surface area (Å²) in [7, 11) is 0. The molecule has 0 radical (unpaired) electrons. The van der Waals surface area contributed by atoms with Gasteiger partial charge in [-0.1, -0.05) is 97.0 Å². The third-order valence-electron chi connectivity index (χ3n) is 13.5. The topological polar surface area (TPSA) is 24.9 Å². The molecular weight excluding hydrogens is 707 g/mol. The van der Waals surface area contributed by atoms with Crippen LogP contribution >= 0.6 is 0 Å². The summed E-state index contributed by atoms with van der Waals surface area (Å²) in [6.45, 7) is 20.0. The Morgan fingerprint density at radius 1 is 0.552 bits per heavy atom. The van der Waals surface area contributed by atoms with E-state index in [1.807, 2.05) is 0 Å². The highest BCUT2D eigenvalue weighted by molar-refractivity contribution is 7.00. The first-order valence-corrected chi connectivity index (χ1v) is 21.4. The molecule has 0 saturated carbocycles. The lowest BCUT2D eigenvalue weighted by molar-refractivity contribution is 0.172. The molecule has 4 nitrogen and oxygen atoms in total. The Bertz CT molecular complexity index is 2700. The van der Waals surface area contributed by atoms with Crippen molar-refractivity contribution >= 4 is 57.2 Å². The van der Waals surface area contributed by atoms with Crippen LogP contribution in [0.4, 0.5) is 34.1 Å². The molecule has 0 amide bonds. The van der Waals surface area contributed by atoms with Gasteiger partial charge in [-0.25, -0.2) is 0 Å². The van der Waals surface area contributed by atoms with Crippen molar-refractivity contribution in [2.24, 2.45) is 10.8 Å². The highest BCUT2D eigenvalue weighted by Crippen LogP contribution is 2.51. The van der Waals surface area contributed by atoms with E-state index in [-0.39, 0.29) is 23.0 Å². The molecule has 3 aliphatic heterocycles. The van der Waals surface area contributed by atoms with Gasteiger partial charge in [-0.3, -0.25) is 0 Å². The SMILES string of the molecule is Cc1cc2c3c(c1)N(c1ccc(C(C)(C)C)cc1-c1ccccc1)c1cc4c(cc1B3c1cc3c(cc1N2c1ccc2c(c1)CC(C)(C)C2)CC(C)(C)C3)OCCO4. The van der Waals surface area contributed by atoms with Crippen molar-refractivity contribution in [1.82, 2.24) is 0 Å². The van der Waals surface area contributed by atoms with Crippen molar-refractivity contribution in [1.29, 1.82) is 0 Å². The molecule has 0 unspecified atom stereocenters. The van der Waals surface area contributed by atoms with Gasteiger partial charge in [0.15, 0.2) is 11.5 Å². The van der Waals surface area contributed by atoms with Gasteiger partial charge in [0.05, 0.1) is 5.69 Å². The Kier molecular flexibility index (Phi) is 7.58. The van der Waals surface area contributed by atoms with E-state index in [0.717, 1.165) is 48.6 Å². The van der Waals surface area contributed by atoms with Crippen molar-refractivity contribution in [2.45, 2.75) is 86.5 Å². The van der Waals surface area contributed by atoms with Crippen molar-refractivity contribution in [3.8, 4) is 22.6 Å². The summed E-state index contributed by atoms with van der Waals surface area (Å²) in [5.41, 5.74) is 22.8. The van der Waals surface area contributed by atoms with E-state index < -0.39 is 0 Å². The summed E-state index contributed by atoms with van der Waals surface area (Å²) < 4.78 is 12.8. The number of hydrogen-bond donors (Lipinski definition) is 0. The van der Waals surface area contributed by atoms with Gasteiger partial charge in [0.1, 0.15) is 13.2 Å². The Labute approximate surface area is 344 Å². The number of nitrogens with zero attached hydrogens (tertiary/aromatic N) is 2. The second-order valence-corrected chi connectivity index (χ2v) is 20.4. The third-order valence-corrected chi connectivity index (χ3v) is 13.5. The van der Waals surface area contributed by atoms with Crippen LogP contribution in [0, 0.1) is 17.8 Å². The fourth-order valence-electron chi connectivity index (χ4n) is 11.0. The van der Waals surface area contributed by atoms with Crippen LogP contribution in [0.2, 0.25) is 0 Å². The molecule has 0 fully saturated rings. The Morgan fingerprint density at radius 2 is 1.16 bits per heavy atom. The predicted octanol–water partition coefficient (Wildman–Crippen LogP) is 11.1. The molecule has 0 spiro atoms. The van der Waals surface area contributed by atoms with Gasteiger partial charge in [-0.15, -0.1) is 0 Å². The second kappa shape index (κ2) is 12.3. The van der Waals surface area contributed by atoms with Crippen LogP contribution in [-0.4, -0.2) is 19.9 Å². The maximum atomic E-state index is 6.41. The number of benzene rings is 6. The summed E-state index contributed by atoms with van der Waals surface area (Å²) in [6, 6.07) is 40.0. The molecule has 5 aliphatic rings. The number of aryl methyl sites for hydroxylation is 1. The number of anilines is 6. The minimum absolute atomic E-state index is 0.00956. The fraction of sp³-hybridized carbons (Fsp3) is 0.321. The number of hydrogen-bond acceptors (Lipinski definition) is 4. The van der Waals surface area contributed by atoms with Gasteiger partial charge in [-0.05, 0) is 153 Å². The largest absolute Gasteiger partial charge is 0.486 e. The smallest absolute Gasteiger partial charge is 0.252 e. The minimum atomic E-state index is -0.0101. The molecule has 0 saturated heterocycles. The molecule has 290 valence electrons. The molecule has 0 aromatic heterocycles. The van der Waals surface area contributed by atoms with Crippen LogP contribution in [0.3, 0.4) is 0 Å². The Morgan fingerprint density at radius 3 is 1.86 bits per heavy atom. The van der Waals surface area contributed by atoms with Crippen molar-refractivity contribution in [3.05, 3.63) is 137 Å². The van der Waals surface area contributed by atoms with Gasteiger partial charge in [0.2, 0.25) is 0 Å². The van der Waals surface area contributed by atoms with E-state index in [4.69, 9.17) is 9.47 Å². The highest BCUT2D eigenvalue weighted by Gasteiger charge is 2.46. The van der Waals surface area contributed by atoms with Gasteiger partial charge in [0, 0.05) is 40.1 Å². The number of fused-ring (bicyclic) bond motifs is 7. The summed E-state index contributed by atoms with van der Waals surface area (Å²) in [5.74, 6) is 1.65. The molecule has 11 rings (SSSR count). The first-order chi connectivity index (χ1) is 27.7. The first kappa shape index (κ1) is 35.7. The second-order valence-electron chi connectivity index (χ2n) is 20.4. The van der Waals surface area contributed by atoms with E-state index in [9.17, 15) is 0 Å². The number of ether oxygens (including phenoxy) is 2. The number of rotatable bonds is 3. The zero-order valence-corrected chi connectivity index (χ0v) is 35.3. The maximum absolute atomic E-state index is 6.41. The summed E-state index contributed by atoms with van der Waals surface area (Å²) in [4.78, 5) is 5.17. The zero-order valence-electron chi connectivity index (χ0n) is 35.3. The normalized spacial score (nSPS) is 17.7. The zero-order chi connectivity index (χ0) is 39.9. The van der Waals surface area contributed by atoms with Gasteiger partial charge in [0.25, 0.3) is 6.71 Å². The lowest BCUT2D eigenvalue weighted by Gasteiger charge is -2.45. The fourth-order valence-corrected chi connectivity index (χ4v) is 11.0. The van der Waals surface area contributed by atoms with E-state index in [1.165, 1.54) is 83.6 Å². The molecule has 0 atom stereocenters. The molecule has 58 heavy (non-hydrogen) atoms. The molecule has 0 N–H and O–H groups in total. The van der Waals surface area contributed by atoms with Gasteiger partial charge >= 0.3 is 0 Å². The van der Waals surface area contributed by atoms with Crippen LogP contribution in [0.15, 0.2) is 103 Å². The molecule has 0 bridgehead atoms. The third kappa shape index (κ3) is 5.56. The van der Waals surface area contributed by atoms with Crippen LogP contribution < -0.4 is 35.7 Å². The standard InChI is InChI=1S/C53H53BN2O2/c1-32-20-46-50-47(21-32)56(43-17-15-38(51(2,3)4)25-40(43)33-12-10-9-11-13-33)45-27-49-48(57-18-19-58-49)26-42(45)54(50)41-23-36-30-53(7,8)31-37(36)24-44(41)55(46)39-16-14-34-28-52(5,6)29-35(34)22-39/h9-17,20-27H,18-19,28-31H2,1-8H3. The lowest BCUT2D eigenvalue weighted by atomic mass is 9.33. The molecule has 3 heterocycles. The van der Waals surface area contributed by atoms with Crippen molar-refractivity contribution in [3.63, 3.8) is 0 Å². The van der Waals surface area contributed by atoms with Crippen LogP contribution in [-0.2, 0) is 31.1 Å². The van der Waals surface area contributed by atoms with Gasteiger partial charge in [-0.2, -0.15) is 0 Å². The van der Waals surface area contributed by atoms with E-state index in [0.29, 0.717) is 13.2 Å². The molecule has 6 aromatic rings. The molecular formula is C53H53BN2O2. The summed E-state index contributed by atoms with van der Waals surface area (Å²) in [6.07, 6.45) is 4.41. The lowest BCUT2D eigenvalue weighted by Crippen LogP contribution is -2.61. The summed E-state index contributed by atoms with van der Waals surface area (Å²) in [5, 5.41) is 0. The molecule has 6 aromatic carbocycles. The van der Waals surface area contributed by atoms with Crippen LogP contribution in [0.1, 0.15) is 81.8 Å². The Hall–Kier alpha value is -5.42. The monoisotopic (exact) mass is 760 g/mol. The van der Waals surface area contributed by atoms with Crippen molar-refractivity contribution < 1.29 is 9.47 Å². The van der Waals surface area contributed by atoms with Gasteiger partial charge < -0.3 is 19.3 Å². The van der Waals surface area contributed by atoms with E-state index in [1.54, 1.807) is 0 Å². The molecule has 2 aliphatic carbocycles.